The summed E-state index contributed by atoms with van der Waals surface area (Å²) in [6.07, 6.45) is 0. The molecule has 0 aliphatic carbocycles. The maximum Gasteiger partial charge on any atom is 0.143 e. The Morgan fingerprint density at radius 2 is 0.889 bits per heavy atom. The maximum absolute atomic E-state index is 9.69. The van der Waals surface area contributed by atoms with Crippen LogP contribution in [0, 0.1) is 0 Å². The van der Waals surface area contributed by atoms with Gasteiger partial charge in [-0.1, -0.05) is 157 Å². The molecule has 1 nitrogen and oxygen atoms in total. The van der Waals surface area contributed by atoms with Crippen molar-refractivity contribution in [2.45, 2.75) is 0 Å². The minimum Gasteiger partial charge on any atom is -0.455 e. The zero-order valence-electron chi connectivity index (χ0n) is 50.4. The third-order valence-electron chi connectivity index (χ3n) is 7.12. The van der Waals surface area contributed by atoms with Crippen molar-refractivity contribution in [2.24, 2.45) is 0 Å². The maximum atomic E-state index is 9.69. The quantitative estimate of drug-likeness (QED) is 0.183. The molecule has 0 amide bonds. The Labute approximate surface area is 301 Å². The van der Waals surface area contributed by atoms with Crippen molar-refractivity contribution < 1.29 is 42.8 Å². The second-order valence-corrected chi connectivity index (χ2v) is 9.51. The van der Waals surface area contributed by atoms with Gasteiger partial charge in [0.15, 0.2) is 0 Å². The Hall–Kier alpha value is -5.92. The van der Waals surface area contributed by atoms with E-state index in [4.69, 9.17) is 31.8 Å². The summed E-state index contributed by atoms with van der Waals surface area (Å²) in [5.41, 5.74) is -6.39. The molecule has 0 saturated heterocycles. The molecule has 0 N–H and O–H groups in total. The predicted molar refractivity (Wildman–Crippen MR) is 190 cm³/mol. The number of fused-ring (bicyclic) bond motifs is 4. The van der Waals surface area contributed by atoms with Gasteiger partial charge in [0.1, 0.15) is 11.3 Å². The highest BCUT2D eigenvalue weighted by atomic mass is 16.3. The van der Waals surface area contributed by atoms with Crippen LogP contribution in [-0.2, 0) is 0 Å². The molecule has 0 radical (unpaired) electrons. The average molecular weight is 601 g/mol. The molecule has 0 aliphatic heterocycles. The van der Waals surface area contributed by atoms with Crippen LogP contribution in [0.2, 0.25) is 0 Å². The third kappa shape index (κ3) is 4.09. The summed E-state index contributed by atoms with van der Waals surface area (Å²) >= 11 is 0. The summed E-state index contributed by atoms with van der Waals surface area (Å²) in [5.74, 6) is -0.930. The molecular formula is C44H28O. The van der Waals surface area contributed by atoms with Gasteiger partial charge in [0.25, 0.3) is 0 Å². The SMILES string of the molecule is [2H]c1c([2H])c([2H])c(-c2c([2H])c([2H])c3c(-c4c5c([2H])c([2H])c([2H])c([2H])c5c(-c5c([2H])c([2H])c([2H])c([2H])c5[2H])c5c([2H])c([2H])c([2H])c([2H])c45)c(-c4c([2H])c([2H])c([2H])c5c([2H])c([2H])c([2H])c([2H])c45)oc3c2[2H])c([2H])c1[2H]. The Morgan fingerprint density at radius 1 is 0.356 bits per heavy atom. The lowest BCUT2D eigenvalue weighted by molar-refractivity contribution is 0.633. The van der Waals surface area contributed by atoms with Gasteiger partial charge in [-0.25, -0.2) is 0 Å². The number of hydrogen-bond donors (Lipinski definition) is 0. The van der Waals surface area contributed by atoms with Crippen LogP contribution in [0.5, 0.6) is 0 Å². The van der Waals surface area contributed by atoms with Crippen molar-refractivity contribution in [1.82, 2.24) is 0 Å². The van der Waals surface area contributed by atoms with Crippen LogP contribution in [0.1, 0.15) is 38.4 Å². The number of furan rings is 1. The second-order valence-electron chi connectivity index (χ2n) is 9.51. The van der Waals surface area contributed by atoms with Crippen LogP contribution in [0.4, 0.5) is 0 Å². The van der Waals surface area contributed by atoms with Crippen LogP contribution < -0.4 is 0 Å². The smallest absolute Gasteiger partial charge is 0.143 e. The van der Waals surface area contributed by atoms with E-state index in [9.17, 15) is 11.0 Å². The van der Waals surface area contributed by atoms with Crippen LogP contribution in [0.15, 0.2) is 174 Å². The van der Waals surface area contributed by atoms with E-state index in [1.807, 2.05) is 0 Å². The normalized spacial score (nSPS) is 20.3. The predicted octanol–water partition coefficient (Wildman–Crippen LogP) is 12.6. The average Bonchev–Trinajstić information content (AvgIpc) is 3.76. The zero-order chi connectivity index (χ0) is 54.1. The summed E-state index contributed by atoms with van der Waals surface area (Å²) in [5, 5.41) is -5.27. The molecular weight excluding hydrogens is 544 g/mol. The minimum atomic E-state index is -1.06. The van der Waals surface area contributed by atoms with Crippen molar-refractivity contribution in [3.8, 4) is 44.7 Å². The van der Waals surface area contributed by atoms with Gasteiger partial charge < -0.3 is 4.42 Å². The first-order valence-corrected chi connectivity index (χ1v) is 13.2. The summed E-state index contributed by atoms with van der Waals surface area (Å²) < 4.78 is 257. The largest absolute Gasteiger partial charge is 0.455 e. The summed E-state index contributed by atoms with van der Waals surface area (Å²) in [6, 6.07) is -27.4. The first-order valence-electron chi connectivity index (χ1n) is 27.2. The van der Waals surface area contributed by atoms with Crippen molar-refractivity contribution in [3.05, 3.63) is 169 Å². The molecule has 1 heterocycles. The fourth-order valence-electron chi connectivity index (χ4n) is 5.31. The number of rotatable bonds is 4. The van der Waals surface area contributed by atoms with Crippen LogP contribution in [0.25, 0.3) is 88.0 Å². The summed E-state index contributed by atoms with van der Waals surface area (Å²) in [7, 11) is 0. The number of benzene rings is 8. The summed E-state index contributed by atoms with van der Waals surface area (Å²) in [4.78, 5) is 0. The Kier molecular flexibility index (Phi) is 2.32. The van der Waals surface area contributed by atoms with Gasteiger partial charge >= 0.3 is 0 Å². The highest BCUT2D eigenvalue weighted by Gasteiger charge is 2.25. The highest BCUT2D eigenvalue weighted by Crippen LogP contribution is 2.50. The van der Waals surface area contributed by atoms with Gasteiger partial charge in [0, 0.05) is 22.1 Å². The molecule has 0 spiro atoms. The number of hydrogen-bond acceptors (Lipinski definition) is 1. The fraction of sp³-hybridized carbons (Fsp3) is 0. The molecule has 0 saturated carbocycles. The Morgan fingerprint density at radius 3 is 1.56 bits per heavy atom. The van der Waals surface area contributed by atoms with Gasteiger partial charge in [-0.3, -0.25) is 0 Å². The van der Waals surface area contributed by atoms with Crippen molar-refractivity contribution in [1.29, 1.82) is 0 Å². The topological polar surface area (TPSA) is 13.1 Å². The second kappa shape index (κ2) is 10.4. The molecule has 9 rings (SSSR count). The van der Waals surface area contributed by atoms with Gasteiger partial charge in [0.2, 0.25) is 0 Å². The minimum absolute atomic E-state index is 0.679. The van der Waals surface area contributed by atoms with E-state index in [1.54, 1.807) is 0 Å². The van der Waals surface area contributed by atoms with E-state index in [1.165, 1.54) is 0 Å². The monoisotopic (exact) mass is 600 g/mol. The zero-order valence-corrected chi connectivity index (χ0v) is 22.4. The lowest BCUT2D eigenvalue weighted by Crippen LogP contribution is -1.91. The molecule has 9 aromatic rings. The van der Waals surface area contributed by atoms with Crippen molar-refractivity contribution in [3.63, 3.8) is 0 Å². The van der Waals surface area contributed by atoms with E-state index < -0.39 is 257 Å². The van der Waals surface area contributed by atoms with Crippen LogP contribution >= 0.6 is 0 Å². The highest BCUT2D eigenvalue weighted by molar-refractivity contribution is 6.25. The first kappa shape index (κ1) is 10.1. The molecule has 0 fully saturated rings. The lowest BCUT2D eigenvalue weighted by Gasteiger charge is -2.18. The van der Waals surface area contributed by atoms with E-state index in [0.29, 0.717) is 0 Å². The molecule has 210 valence electrons. The van der Waals surface area contributed by atoms with Gasteiger partial charge in [-0.05, 0) is 66.7 Å². The van der Waals surface area contributed by atoms with Crippen LogP contribution in [-0.4, -0.2) is 0 Å². The molecule has 0 bridgehead atoms. The molecule has 8 aromatic carbocycles. The lowest BCUT2D eigenvalue weighted by atomic mass is 9.84. The Bertz CT molecular complexity index is 3970. The first-order chi connectivity index (χ1) is 34.0. The van der Waals surface area contributed by atoms with Crippen molar-refractivity contribution >= 4 is 43.3 Å². The van der Waals surface area contributed by atoms with E-state index in [2.05, 4.69) is 0 Å². The van der Waals surface area contributed by atoms with Gasteiger partial charge in [-0.15, -0.1) is 0 Å². The molecule has 0 unspecified atom stereocenters. The van der Waals surface area contributed by atoms with E-state index in [0.717, 1.165) is 0 Å². The third-order valence-corrected chi connectivity index (χ3v) is 7.12. The molecule has 0 aliphatic rings. The summed E-state index contributed by atoms with van der Waals surface area (Å²) in [6.45, 7) is 0. The molecule has 1 aromatic heterocycles. The van der Waals surface area contributed by atoms with E-state index in [-0.39, 0.29) is 0 Å². The molecule has 45 heavy (non-hydrogen) atoms. The fourth-order valence-corrected chi connectivity index (χ4v) is 5.31. The Balaban J connectivity index is 1.71. The standard InChI is InChI=1S/C44H28O/c1-3-14-29(15-4-1)32-26-27-39-40(28-32)45-44(38-25-13-19-30-16-7-8-20-33(30)38)43(39)42-36-23-11-9-21-34(36)41(31-17-5-2-6-18-31)35-22-10-12-24-37(35)42/h1-28H/i1D,2D,3D,4D,5D,6D,7D,8D,9D,10D,11D,12D,13D,14D,15D,16D,17D,18D,19D,20D,21D,22D,23D,24D,25D,26D,27D,28D. The van der Waals surface area contributed by atoms with E-state index >= 15 is 0 Å². The van der Waals surface area contributed by atoms with Crippen LogP contribution in [0.3, 0.4) is 0 Å². The van der Waals surface area contributed by atoms with Gasteiger partial charge in [-0.2, -0.15) is 0 Å². The van der Waals surface area contributed by atoms with Crippen molar-refractivity contribution in [2.75, 3.05) is 0 Å². The van der Waals surface area contributed by atoms with Gasteiger partial charge in [0.05, 0.1) is 38.4 Å². The molecule has 0 atom stereocenters. The molecule has 1 heteroatoms.